The van der Waals surface area contributed by atoms with Crippen LogP contribution in [0.2, 0.25) is 0 Å². The average Bonchev–Trinajstić information content (AvgIpc) is 3.40. The molecule has 2 aromatic heterocycles. The summed E-state index contributed by atoms with van der Waals surface area (Å²) in [5, 5.41) is 23.2. The number of hydrogen-bond donors (Lipinski definition) is 0. The predicted molar refractivity (Wildman–Crippen MR) is 105 cm³/mol. The molecule has 0 fully saturated rings. The first-order chi connectivity index (χ1) is 14.6. The molecule has 0 saturated heterocycles. The summed E-state index contributed by atoms with van der Waals surface area (Å²) in [5.74, 6) is -2.14. The Hall–Kier alpha value is -4.08. The van der Waals surface area contributed by atoms with Crippen LogP contribution in [0, 0.1) is 0 Å². The lowest BCUT2D eigenvalue weighted by atomic mass is 9.79. The summed E-state index contributed by atoms with van der Waals surface area (Å²) in [7, 11) is 3.25. The number of aromatic nitrogens is 8. The Balaban J connectivity index is 1.92. The fraction of sp³-hybridized carbons (Fsp3) is 0.200. The first-order valence-electron chi connectivity index (χ1n) is 9.21. The largest absolute Gasteiger partial charge is 0.293 e. The molecule has 2 unspecified atom stereocenters. The molecule has 10 nitrogen and oxygen atoms in total. The van der Waals surface area contributed by atoms with Crippen LogP contribution in [0.5, 0.6) is 0 Å². The van der Waals surface area contributed by atoms with Gasteiger partial charge >= 0.3 is 0 Å². The van der Waals surface area contributed by atoms with Crippen molar-refractivity contribution in [3.63, 3.8) is 0 Å². The molecule has 4 aromatic rings. The van der Waals surface area contributed by atoms with E-state index in [1.807, 2.05) is 12.1 Å². The fourth-order valence-corrected chi connectivity index (χ4v) is 3.40. The van der Waals surface area contributed by atoms with Crippen molar-refractivity contribution < 1.29 is 9.59 Å². The highest BCUT2D eigenvalue weighted by molar-refractivity contribution is 6.09. The molecule has 4 rings (SSSR count). The fourth-order valence-electron chi connectivity index (χ4n) is 3.40. The highest BCUT2D eigenvalue weighted by Crippen LogP contribution is 2.36. The van der Waals surface area contributed by atoms with Gasteiger partial charge in [0.2, 0.25) is 0 Å². The van der Waals surface area contributed by atoms with Crippen molar-refractivity contribution in [1.82, 2.24) is 40.4 Å². The number of rotatable bonds is 7. The molecular weight excluding hydrogens is 384 g/mol. The van der Waals surface area contributed by atoms with Crippen molar-refractivity contribution in [1.29, 1.82) is 0 Å². The molecule has 30 heavy (non-hydrogen) atoms. The van der Waals surface area contributed by atoms with Crippen LogP contribution in [0.3, 0.4) is 0 Å². The first kappa shape index (κ1) is 19.2. The maximum atomic E-state index is 13.6. The van der Waals surface area contributed by atoms with E-state index in [0.717, 1.165) is 0 Å². The number of aryl methyl sites for hydroxylation is 2. The van der Waals surface area contributed by atoms with Crippen molar-refractivity contribution >= 4 is 11.6 Å². The van der Waals surface area contributed by atoms with Crippen LogP contribution in [-0.2, 0) is 14.1 Å². The average molecular weight is 402 g/mol. The van der Waals surface area contributed by atoms with Gasteiger partial charge in [0.15, 0.2) is 23.2 Å². The molecule has 2 heterocycles. The molecular formula is C20H18N8O2. The van der Waals surface area contributed by atoms with Gasteiger partial charge in [0, 0.05) is 25.2 Å². The minimum absolute atomic E-state index is 0.251. The molecule has 0 radical (unpaired) electrons. The molecule has 0 saturated carbocycles. The molecule has 2 aromatic carbocycles. The van der Waals surface area contributed by atoms with Gasteiger partial charge in [-0.3, -0.25) is 9.59 Å². The predicted octanol–water partition coefficient (Wildman–Crippen LogP) is 1.37. The molecule has 0 bridgehead atoms. The van der Waals surface area contributed by atoms with E-state index in [-0.39, 0.29) is 23.2 Å². The number of Topliss-reactive ketones (excluding diaryl/α,β-unsaturated/α-hetero) is 2. The molecule has 0 aliphatic heterocycles. The molecule has 0 aliphatic carbocycles. The molecule has 0 amide bonds. The van der Waals surface area contributed by atoms with Gasteiger partial charge in [-0.25, -0.2) is 9.36 Å². The smallest absolute Gasteiger partial charge is 0.174 e. The quantitative estimate of drug-likeness (QED) is 0.425. The van der Waals surface area contributed by atoms with Crippen molar-refractivity contribution in [3.8, 4) is 0 Å². The Kier molecular flexibility index (Phi) is 5.21. The van der Waals surface area contributed by atoms with E-state index < -0.39 is 11.8 Å². The summed E-state index contributed by atoms with van der Waals surface area (Å²) in [6.07, 6.45) is 0. The van der Waals surface area contributed by atoms with E-state index in [4.69, 9.17) is 0 Å². The van der Waals surface area contributed by atoms with Crippen LogP contribution in [0.4, 0.5) is 0 Å². The highest BCUT2D eigenvalue weighted by atomic mass is 16.1. The molecule has 10 heteroatoms. The van der Waals surface area contributed by atoms with Gasteiger partial charge in [-0.1, -0.05) is 60.7 Å². The molecule has 150 valence electrons. The van der Waals surface area contributed by atoms with Gasteiger partial charge < -0.3 is 0 Å². The minimum Gasteiger partial charge on any atom is -0.293 e. The van der Waals surface area contributed by atoms with E-state index in [0.29, 0.717) is 11.1 Å². The number of ketones is 2. The topological polar surface area (TPSA) is 121 Å². The SMILES string of the molecule is Cn1nnnc1C(C(=O)c1ccccc1)C(C(=O)c1ccccc1)c1nnnn1C. The summed E-state index contributed by atoms with van der Waals surface area (Å²) in [6, 6.07) is 17.4. The lowest BCUT2D eigenvalue weighted by molar-refractivity contribution is 0.0854. The molecule has 0 aliphatic rings. The normalized spacial score (nSPS) is 13.0. The van der Waals surface area contributed by atoms with Crippen LogP contribution in [0.15, 0.2) is 60.7 Å². The van der Waals surface area contributed by atoms with Crippen LogP contribution in [-0.4, -0.2) is 52.0 Å². The Morgan fingerprint density at radius 2 is 1.03 bits per heavy atom. The minimum atomic E-state index is -1.02. The third kappa shape index (κ3) is 3.50. The van der Waals surface area contributed by atoms with E-state index in [1.165, 1.54) is 9.36 Å². The number of benzene rings is 2. The van der Waals surface area contributed by atoms with Gasteiger partial charge in [0.25, 0.3) is 0 Å². The number of hydrogen-bond acceptors (Lipinski definition) is 8. The van der Waals surface area contributed by atoms with Crippen molar-refractivity contribution in [2.24, 2.45) is 14.1 Å². The third-order valence-electron chi connectivity index (χ3n) is 4.88. The van der Waals surface area contributed by atoms with Crippen LogP contribution in [0.1, 0.15) is 44.2 Å². The maximum absolute atomic E-state index is 13.6. The Labute approximate surface area is 171 Å². The number of carbonyl (C=O) groups is 2. The first-order valence-corrected chi connectivity index (χ1v) is 9.21. The zero-order chi connectivity index (χ0) is 21.1. The lowest BCUT2D eigenvalue weighted by Crippen LogP contribution is -2.31. The van der Waals surface area contributed by atoms with Crippen LogP contribution >= 0.6 is 0 Å². The zero-order valence-corrected chi connectivity index (χ0v) is 16.3. The second kappa shape index (κ2) is 8.11. The summed E-state index contributed by atoms with van der Waals surface area (Å²) < 4.78 is 2.78. The Morgan fingerprint density at radius 3 is 1.33 bits per heavy atom. The van der Waals surface area contributed by atoms with Crippen LogP contribution in [0.25, 0.3) is 0 Å². The molecule has 0 spiro atoms. The summed E-state index contributed by atoms with van der Waals surface area (Å²) >= 11 is 0. The molecule has 2 atom stereocenters. The zero-order valence-electron chi connectivity index (χ0n) is 16.3. The van der Waals surface area contributed by atoms with Gasteiger partial charge in [-0.15, -0.1) is 10.2 Å². The third-order valence-corrected chi connectivity index (χ3v) is 4.88. The second-order valence-corrected chi connectivity index (χ2v) is 6.74. The maximum Gasteiger partial charge on any atom is 0.174 e. The summed E-state index contributed by atoms with van der Waals surface area (Å²) in [6.45, 7) is 0. The number of tetrazole rings is 2. The monoisotopic (exact) mass is 402 g/mol. The van der Waals surface area contributed by atoms with E-state index in [2.05, 4.69) is 31.1 Å². The van der Waals surface area contributed by atoms with E-state index >= 15 is 0 Å². The number of carbonyl (C=O) groups excluding carboxylic acids is 2. The van der Waals surface area contributed by atoms with E-state index in [9.17, 15) is 9.59 Å². The van der Waals surface area contributed by atoms with Crippen molar-refractivity contribution in [2.45, 2.75) is 11.8 Å². The standard InChI is InChI=1S/C20H18N8O2/c1-27-19(21-23-25-27)15(17(29)13-9-5-3-6-10-13)16(20-22-24-26-28(20)2)18(30)14-11-7-4-8-12-14/h3-12,15-16H,1-2H3. The van der Waals surface area contributed by atoms with Crippen molar-refractivity contribution in [3.05, 3.63) is 83.4 Å². The van der Waals surface area contributed by atoms with E-state index in [1.54, 1.807) is 62.6 Å². The van der Waals surface area contributed by atoms with Gasteiger partial charge in [0.05, 0.1) is 0 Å². The second-order valence-electron chi connectivity index (χ2n) is 6.74. The van der Waals surface area contributed by atoms with Gasteiger partial charge in [-0.2, -0.15) is 0 Å². The van der Waals surface area contributed by atoms with Gasteiger partial charge in [0.1, 0.15) is 11.8 Å². The van der Waals surface area contributed by atoms with Crippen LogP contribution < -0.4 is 0 Å². The summed E-state index contributed by atoms with van der Waals surface area (Å²) in [5.41, 5.74) is 0.873. The highest BCUT2D eigenvalue weighted by Gasteiger charge is 2.42. The Morgan fingerprint density at radius 1 is 0.667 bits per heavy atom. The Bertz CT molecular complexity index is 1080. The molecule has 0 N–H and O–H groups in total. The lowest BCUT2D eigenvalue weighted by Gasteiger charge is -2.23. The number of nitrogens with zero attached hydrogens (tertiary/aromatic N) is 8. The van der Waals surface area contributed by atoms with Crippen molar-refractivity contribution in [2.75, 3.05) is 0 Å². The summed E-state index contributed by atoms with van der Waals surface area (Å²) in [4.78, 5) is 27.3. The van der Waals surface area contributed by atoms with Gasteiger partial charge in [-0.05, 0) is 20.9 Å².